The first-order valence-electron chi connectivity index (χ1n) is 44.6. The van der Waals surface area contributed by atoms with Gasteiger partial charge in [0.05, 0.1) is 136 Å². The molecule has 19 aromatic rings. The molecule has 4 aliphatic rings. The predicted octanol–water partition coefficient (Wildman–Crippen LogP) is 23.6. The molecule has 0 aliphatic heterocycles. The zero-order chi connectivity index (χ0) is 91.6. The predicted molar refractivity (Wildman–Crippen MR) is 513 cm³/mol. The zero-order valence-corrected chi connectivity index (χ0v) is 76.7. The second-order valence-electron chi connectivity index (χ2n) is 34.9. The SMILES string of the molecule is COC(=O)c1ccc(-c2cn([C@H](c3ccccn3)C3CC3)c3cc(-c4c(C)noc4C)cnc23)cc1.Cc1noc(C)c1-c1cnc2c(-c3ccc(C(=O)O)cc3)cn([C@@H](c3ccccn3)C3CC3)c2c1.Cc1noc(C)c1-c1cnc2c(-c3ccc(C(=O)O)cc3)cn([C@H](c3ccccn3)C3CC3)c2c1.Cc1noc(C)c1-c1cnc2c(I)cn([C@H](c3ccccn3)C3CC3)c2c1. The Morgan fingerprint density at radius 2 is 0.594 bits per heavy atom. The molecule has 0 unspecified atom stereocenters. The topological polar surface area (TPSA) is 328 Å². The average Bonchev–Trinajstić information content (AvgIpc) is 1.60. The summed E-state index contributed by atoms with van der Waals surface area (Å²) in [6, 6.07) is 55.0. The van der Waals surface area contributed by atoms with E-state index in [2.05, 4.69) is 146 Å². The average molecular weight is 1880 g/mol. The molecular weight excluding hydrogens is 1780 g/mol. The maximum Gasteiger partial charge on any atom is 0.337 e. The van der Waals surface area contributed by atoms with E-state index in [0.717, 1.165) is 220 Å². The van der Waals surface area contributed by atoms with Crippen LogP contribution < -0.4 is 0 Å². The molecule has 664 valence electrons. The highest BCUT2D eigenvalue weighted by Crippen LogP contribution is 2.51. The number of nitrogens with zero attached hydrogens (tertiary/aromatic N) is 16. The fourth-order valence-corrected chi connectivity index (χ4v) is 19.7. The molecular formula is C106H93IN16O10. The number of pyridine rings is 8. The van der Waals surface area contributed by atoms with Crippen molar-refractivity contribution in [2.24, 2.45) is 23.7 Å². The highest BCUT2D eigenvalue weighted by atomic mass is 127. The van der Waals surface area contributed by atoms with Gasteiger partial charge in [0.2, 0.25) is 0 Å². The van der Waals surface area contributed by atoms with E-state index in [-0.39, 0.29) is 41.3 Å². The molecule has 4 aliphatic carbocycles. The summed E-state index contributed by atoms with van der Waals surface area (Å²) in [6.45, 7) is 15.5. The number of aryl methyl sites for hydroxylation is 8. The number of esters is 1. The first-order valence-corrected chi connectivity index (χ1v) is 45.7. The minimum absolute atomic E-state index is 0.0902. The molecule has 133 heavy (non-hydrogen) atoms. The van der Waals surface area contributed by atoms with Gasteiger partial charge < -0.3 is 51.3 Å². The van der Waals surface area contributed by atoms with Gasteiger partial charge in [0.15, 0.2) is 0 Å². The number of rotatable bonds is 22. The number of carboxylic acid groups (broad SMARTS) is 2. The van der Waals surface area contributed by atoms with Crippen molar-refractivity contribution in [3.05, 3.63) is 333 Å². The van der Waals surface area contributed by atoms with E-state index < -0.39 is 11.9 Å². The number of hydrogen-bond donors (Lipinski definition) is 2. The van der Waals surface area contributed by atoms with Crippen LogP contribution in [0.2, 0.25) is 0 Å². The van der Waals surface area contributed by atoms with Crippen molar-refractivity contribution >= 4 is 84.6 Å². The summed E-state index contributed by atoms with van der Waals surface area (Å²) in [6.07, 6.45) is 33.1. The van der Waals surface area contributed by atoms with E-state index in [4.69, 9.17) is 57.7 Å². The van der Waals surface area contributed by atoms with Crippen LogP contribution in [0.1, 0.15) is 175 Å². The lowest BCUT2D eigenvalue weighted by Gasteiger charge is -2.19. The van der Waals surface area contributed by atoms with Crippen molar-refractivity contribution in [3.63, 3.8) is 0 Å². The summed E-state index contributed by atoms with van der Waals surface area (Å²) in [5.41, 5.74) is 30.1. The molecule has 16 aromatic heterocycles. The van der Waals surface area contributed by atoms with Gasteiger partial charge >= 0.3 is 17.9 Å². The van der Waals surface area contributed by atoms with E-state index in [1.54, 1.807) is 36.4 Å². The van der Waals surface area contributed by atoms with Crippen LogP contribution in [0.15, 0.2) is 262 Å². The van der Waals surface area contributed by atoms with Crippen LogP contribution in [0.25, 0.3) is 122 Å². The van der Waals surface area contributed by atoms with Gasteiger partial charge in [0.25, 0.3) is 0 Å². The number of hydrogen-bond acceptors (Lipinski definition) is 20. The maximum atomic E-state index is 12.0. The summed E-state index contributed by atoms with van der Waals surface area (Å²) < 4.78 is 37.0. The Kier molecular flexibility index (Phi) is 23.3. The van der Waals surface area contributed by atoms with Gasteiger partial charge in [-0.25, -0.2) is 14.4 Å². The van der Waals surface area contributed by atoms with Gasteiger partial charge in [-0.1, -0.05) is 81.3 Å². The third-order valence-corrected chi connectivity index (χ3v) is 26.6. The Morgan fingerprint density at radius 3 is 0.827 bits per heavy atom. The molecule has 0 bridgehead atoms. The Hall–Kier alpha value is -15.0. The standard InChI is InChI=1S/C29H26N4O3.2C28H24N4O3.C21H19IN4O/c1-17-26(18(2)36-32-17)22-14-25-27(31-15-22)23(19-7-11-21(12-8-19)29(34)35-3)16-33(25)28(20-9-10-20)24-6-4-5-13-30-24;2*1-16-25(17(2)35-31-16)21-13-24-26(30-14-21)22(18-6-10-20(11-7-18)28(33)34)15-32(24)27(19-8-9-19)23-5-3-4-12-29-23;1-12-19(13(2)27-25-12)15-9-18-20(24-10-15)16(22)11-26(18)21(14-6-7-14)17-5-3-4-8-23-17/h4-8,11-16,20,28H,9-10H2,1-3H3;2*3-7,10-15,19,27H,8-9H2,1-2H3,(H,33,34);3-5,8-11,14,21H,6-7H2,1-2H3/t28-;2*27-;21-/m0100/s1. The molecule has 4 saturated carbocycles. The minimum Gasteiger partial charge on any atom is -0.478 e. The Balaban J connectivity index is 0.000000111. The number of benzene rings is 3. The van der Waals surface area contributed by atoms with E-state index in [0.29, 0.717) is 29.2 Å². The number of carbonyl (C=O) groups excluding carboxylic acids is 1. The van der Waals surface area contributed by atoms with Crippen LogP contribution in [0, 0.1) is 82.6 Å². The lowest BCUT2D eigenvalue weighted by molar-refractivity contribution is 0.0599. The second-order valence-corrected chi connectivity index (χ2v) is 36.0. The number of aromatic nitrogens is 16. The minimum atomic E-state index is -0.940. The normalized spacial score (nSPS) is 14.5. The van der Waals surface area contributed by atoms with Crippen LogP contribution in [-0.2, 0) is 4.74 Å². The highest BCUT2D eigenvalue weighted by Gasteiger charge is 2.41. The monoisotopic (exact) mass is 1880 g/mol. The molecule has 0 radical (unpaired) electrons. The van der Waals surface area contributed by atoms with E-state index in [1.165, 1.54) is 32.8 Å². The van der Waals surface area contributed by atoms with Gasteiger partial charge in [-0.3, -0.25) is 39.9 Å². The molecule has 0 spiro atoms. The van der Waals surface area contributed by atoms with Gasteiger partial charge in [0, 0.05) is 136 Å². The molecule has 3 aromatic carbocycles. The van der Waals surface area contributed by atoms with Gasteiger partial charge in [-0.05, 0) is 279 Å². The lowest BCUT2D eigenvalue weighted by atomic mass is 10.0. The lowest BCUT2D eigenvalue weighted by Crippen LogP contribution is -2.13. The van der Waals surface area contributed by atoms with Gasteiger partial charge in [0.1, 0.15) is 28.6 Å². The summed E-state index contributed by atoms with van der Waals surface area (Å²) >= 11 is 2.38. The molecule has 4 atom stereocenters. The van der Waals surface area contributed by atoms with Crippen molar-refractivity contribution in [3.8, 4) is 77.9 Å². The number of fused-ring (bicyclic) bond motifs is 4. The summed E-state index contributed by atoms with van der Waals surface area (Å²) in [5, 5.41) is 35.1. The van der Waals surface area contributed by atoms with E-state index >= 15 is 0 Å². The zero-order valence-electron chi connectivity index (χ0n) is 74.6. The number of carboxylic acids is 2. The molecule has 26 nitrogen and oxygen atoms in total. The second kappa shape index (κ2) is 36.0. The first kappa shape index (κ1) is 86.1. The molecule has 23 rings (SSSR count). The maximum absolute atomic E-state index is 12.0. The number of aromatic carboxylic acids is 2. The smallest absolute Gasteiger partial charge is 0.337 e. The Bertz CT molecular complexity index is 7260. The van der Waals surface area contributed by atoms with Crippen LogP contribution in [0.5, 0.6) is 0 Å². The largest absolute Gasteiger partial charge is 0.478 e. The summed E-state index contributed by atoms with van der Waals surface area (Å²) in [7, 11) is 1.39. The third-order valence-electron chi connectivity index (χ3n) is 25.9. The van der Waals surface area contributed by atoms with Crippen molar-refractivity contribution in [1.82, 2.24) is 78.8 Å². The first-order chi connectivity index (χ1) is 64.7. The summed E-state index contributed by atoms with van der Waals surface area (Å²) in [4.78, 5) is 73.0. The molecule has 2 N–H and O–H groups in total. The van der Waals surface area contributed by atoms with Crippen LogP contribution in [0.3, 0.4) is 0 Å². The number of ether oxygens (including phenoxy) is 1. The van der Waals surface area contributed by atoms with Gasteiger partial charge in [-0.2, -0.15) is 0 Å². The Labute approximate surface area is 778 Å². The quantitative estimate of drug-likeness (QED) is 0.0470. The molecule has 0 saturated heterocycles. The number of carbonyl (C=O) groups is 3. The fraction of sp³-hybridized carbons (Fsp3) is 0.236. The van der Waals surface area contributed by atoms with Gasteiger partial charge in [-0.15, -0.1) is 0 Å². The van der Waals surface area contributed by atoms with E-state index in [1.807, 2.05) is 184 Å². The van der Waals surface area contributed by atoms with Crippen LogP contribution in [0.4, 0.5) is 0 Å². The van der Waals surface area contributed by atoms with Crippen molar-refractivity contribution in [1.29, 1.82) is 0 Å². The van der Waals surface area contributed by atoms with Crippen LogP contribution in [-0.4, -0.2) is 114 Å². The number of halogens is 1. The van der Waals surface area contributed by atoms with E-state index in [9.17, 15) is 24.6 Å². The third kappa shape index (κ3) is 17.1. The molecule has 0 amide bonds. The molecule has 27 heteroatoms. The highest BCUT2D eigenvalue weighted by molar-refractivity contribution is 14.1. The van der Waals surface area contributed by atoms with Crippen molar-refractivity contribution in [2.45, 2.75) is 131 Å². The fourth-order valence-electron chi connectivity index (χ4n) is 18.9. The van der Waals surface area contributed by atoms with Crippen molar-refractivity contribution < 1.29 is 47.4 Å². The Morgan fingerprint density at radius 1 is 0.338 bits per heavy atom. The van der Waals surface area contributed by atoms with Crippen LogP contribution >= 0.6 is 22.6 Å². The summed E-state index contributed by atoms with van der Waals surface area (Å²) in [5.74, 6) is 3.05. The number of methoxy groups -OCH3 is 1. The van der Waals surface area contributed by atoms with Crippen molar-refractivity contribution in [2.75, 3.05) is 7.11 Å². The molecule has 4 fully saturated rings. The molecule has 16 heterocycles.